The van der Waals surface area contributed by atoms with Crippen LogP contribution in [0.1, 0.15) is 28.9 Å². The molecule has 1 amide bonds. The van der Waals surface area contributed by atoms with Crippen LogP contribution in [-0.2, 0) is 0 Å². The Morgan fingerprint density at radius 2 is 2.00 bits per heavy atom. The van der Waals surface area contributed by atoms with Crippen LogP contribution in [0.3, 0.4) is 0 Å². The second kappa shape index (κ2) is 6.71. The molecule has 4 rings (SSSR count). The Kier molecular flexibility index (Phi) is 4.24. The van der Waals surface area contributed by atoms with E-state index in [4.69, 9.17) is 0 Å². The zero-order chi connectivity index (χ0) is 18.1. The minimum absolute atomic E-state index is 0.212. The molecule has 132 valence electrons. The average Bonchev–Trinajstić information content (AvgIpc) is 3.17. The van der Waals surface area contributed by atoms with Crippen LogP contribution in [0.15, 0.2) is 42.6 Å². The van der Waals surface area contributed by atoms with Gasteiger partial charge in [0.1, 0.15) is 11.6 Å². The third-order valence-electron chi connectivity index (χ3n) is 4.66. The summed E-state index contributed by atoms with van der Waals surface area (Å²) in [4.78, 5) is 23.8. The van der Waals surface area contributed by atoms with Crippen molar-refractivity contribution in [1.29, 1.82) is 0 Å². The molecule has 1 aromatic carbocycles. The lowest BCUT2D eigenvalue weighted by molar-refractivity contribution is 0.102. The molecule has 3 heterocycles. The van der Waals surface area contributed by atoms with Gasteiger partial charge in [0.2, 0.25) is 0 Å². The van der Waals surface area contributed by atoms with E-state index in [0.29, 0.717) is 16.6 Å². The van der Waals surface area contributed by atoms with E-state index >= 15 is 0 Å². The molecule has 1 saturated heterocycles. The minimum atomic E-state index is -0.463. The number of hydrogen-bond acceptors (Lipinski definition) is 4. The molecule has 1 aliphatic rings. The first-order valence-electron chi connectivity index (χ1n) is 8.70. The van der Waals surface area contributed by atoms with Crippen molar-refractivity contribution in [2.24, 2.45) is 0 Å². The SMILES string of the molecule is Cc1nc(N2CCCC2)ccc1NC(=O)c1cc(F)cc2cccnc12. The quantitative estimate of drug-likeness (QED) is 0.778. The normalized spacial score (nSPS) is 14.0. The maximum Gasteiger partial charge on any atom is 0.258 e. The Balaban J connectivity index is 1.62. The summed E-state index contributed by atoms with van der Waals surface area (Å²) in [7, 11) is 0. The lowest BCUT2D eigenvalue weighted by Gasteiger charge is -2.18. The Hall–Kier alpha value is -3.02. The standard InChI is InChI=1S/C20H19FN4O/c1-13-17(6-7-18(23-13)25-9-2-3-10-25)24-20(26)16-12-15(21)11-14-5-4-8-22-19(14)16/h4-8,11-12H,2-3,9-10H2,1H3,(H,24,26). The van der Waals surface area contributed by atoms with E-state index in [1.807, 2.05) is 19.1 Å². The first-order valence-corrected chi connectivity index (χ1v) is 8.70. The van der Waals surface area contributed by atoms with E-state index in [-0.39, 0.29) is 5.56 Å². The number of nitrogens with zero attached hydrogens (tertiary/aromatic N) is 3. The number of carbonyl (C=O) groups excluding carboxylic acids is 1. The summed E-state index contributed by atoms with van der Waals surface area (Å²) >= 11 is 0. The lowest BCUT2D eigenvalue weighted by Crippen LogP contribution is -2.20. The van der Waals surface area contributed by atoms with Crippen LogP contribution in [0.4, 0.5) is 15.9 Å². The number of amides is 1. The number of rotatable bonds is 3. The molecule has 0 bridgehead atoms. The monoisotopic (exact) mass is 350 g/mol. The number of pyridine rings is 2. The second-order valence-corrected chi connectivity index (χ2v) is 6.48. The van der Waals surface area contributed by atoms with Gasteiger partial charge < -0.3 is 10.2 Å². The van der Waals surface area contributed by atoms with E-state index in [0.717, 1.165) is 24.6 Å². The molecule has 1 N–H and O–H groups in total. The Labute approximate surface area is 150 Å². The first-order chi connectivity index (χ1) is 12.6. The van der Waals surface area contributed by atoms with Crippen LogP contribution in [0.2, 0.25) is 0 Å². The molecular weight excluding hydrogens is 331 g/mol. The van der Waals surface area contributed by atoms with Gasteiger partial charge in [-0.05, 0) is 50.1 Å². The van der Waals surface area contributed by atoms with Crippen molar-refractivity contribution in [1.82, 2.24) is 9.97 Å². The number of hydrogen-bond donors (Lipinski definition) is 1. The van der Waals surface area contributed by atoms with Crippen molar-refractivity contribution in [2.75, 3.05) is 23.3 Å². The summed E-state index contributed by atoms with van der Waals surface area (Å²) in [6, 6.07) is 9.80. The highest BCUT2D eigenvalue weighted by Gasteiger charge is 2.17. The van der Waals surface area contributed by atoms with Gasteiger partial charge in [0, 0.05) is 24.7 Å². The van der Waals surface area contributed by atoms with Gasteiger partial charge in [0.25, 0.3) is 5.91 Å². The highest BCUT2D eigenvalue weighted by molar-refractivity contribution is 6.12. The van der Waals surface area contributed by atoms with Crippen molar-refractivity contribution in [3.8, 4) is 0 Å². The molecular formula is C20H19FN4O. The molecule has 0 saturated carbocycles. The van der Waals surface area contributed by atoms with Gasteiger partial charge in [0.15, 0.2) is 0 Å². The summed E-state index contributed by atoms with van der Waals surface area (Å²) in [6.45, 7) is 3.88. The molecule has 0 radical (unpaired) electrons. The second-order valence-electron chi connectivity index (χ2n) is 6.48. The van der Waals surface area contributed by atoms with Gasteiger partial charge in [-0.25, -0.2) is 9.37 Å². The van der Waals surface area contributed by atoms with E-state index < -0.39 is 11.7 Å². The van der Waals surface area contributed by atoms with E-state index in [1.54, 1.807) is 18.3 Å². The molecule has 3 aromatic rings. The van der Waals surface area contributed by atoms with Gasteiger partial charge in [-0.2, -0.15) is 0 Å². The molecule has 0 aliphatic carbocycles. The van der Waals surface area contributed by atoms with Crippen LogP contribution in [0.25, 0.3) is 10.9 Å². The van der Waals surface area contributed by atoms with Crippen LogP contribution < -0.4 is 10.2 Å². The molecule has 0 unspecified atom stereocenters. The van der Waals surface area contributed by atoms with Gasteiger partial charge in [-0.1, -0.05) is 6.07 Å². The number of carbonyl (C=O) groups is 1. The van der Waals surface area contributed by atoms with Crippen molar-refractivity contribution >= 4 is 28.3 Å². The van der Waals surface area contributed by atoms with Gasteiger partial charge in [-0.15, -0.1) is 0 Å². The number of aromatic nitrogens is 2. The predicted molar refractivity (Wildman–Crippen MR) is 100 cm³/mol. The van der Waals surface area contributed by atoms with Crippen molar-refractivity contribution in [2.45, 2.75) is 19.8 Å². The Morgan fingerprint density at radius 1 is 1.19 bits per heavy atom. The highest BCUT2D eigenvalue weighted by Crippen LogP contribution is 2.24. The number of halogens is 1. The van der Waals surface area contributed by atoms with Gasteiger partial charge >= 0.3 is 0 Å². The molecule has 1 fully saturated rings. The lowest BCUT2D eigenvalue weighted by atomic mass is 10.1. The van der Waals surface area contributed by atoms with Crippen molar-refractivity contribution in [3.05, 3.63) is 59.7 Å². The highest BCUT2D eigenvalue weighted by atomic mass is 19.1. The fourth-order valence-corrected chi connectivity index (χ4v) is 3.32. The number of nitrogens with one attached hydrogen (secondary N) is 1. The number of fused-ring (bicyclic) bond motifs is 1. The fraction of sp³-hybridized carbons (Fsp3) is 0.250. The van der Waals surface area contributed by atoms with Crippen LogP contribution in [0.5, 0.6) is 0 Å². The van der Waals surface area contributed by atoms with E-state index in [1.165, 1.54) is 25.0 Å². The Bertz CT molecular complexity index is 983. The topological polar surface area (TPSA) is 58.1 Å². The third kappa shape index (κ3) is 3.10. The van der Waals surface area contributed by atoms with Crippen LogP contribution >= 0.6 is 0 Å². The van der Waals surface area contributed by atoms with Crippen molar-refractivity contribution in [3.63, 3.8) is 0 Å². The van der Waals surface area contributed by atoms with E-state index in [2.05, 4.69) is 20.2 Å². The van der Waals surface area contributed by atoms with Crippen molar-refractivity contribution < 1.29 is 9.18 Å². The smallest absolute Gasteiger partial charge is 0.258 e. The molecule has 26 heavy (non-hydrogen) atoms. The molecule has 0 spiro atoms. The third-order valence-corrected chi connectivity index (χ3v) is 4.66. The van der Waals surface area contributed by atoms with E-state index in [9.17, 15) is 9.18 Å². The zero-order valence-electron chi connectivity index (χ0n) is 14.5. The summed E-state index contributed by atoms with van der Waals surface area (Å²) in [5, 5.41) is 3.43. The summed E-state index contributed by atoms with van der Waals surface area (Å²) < 4.78 is 13.9. The fourth-order valence-electron chi connectivity index (χ4n) is 3.32. The minimum Gasteiger partial charge on any atom is -0.357 e. The molecule has 5 nitrogen and oxygen atoms in total. The average molecular weight is 350 g/mol. The number of benzene rings is 1. The predicted octanol–water partition coefficient (Wildman–Crippen LogP) is 3.93. The van der Waals surface area contributed by atoms with Gasteiger partial charge in [0.05, 0.1) is 22.5 Å². The van der Waals surface area contributed by atoms with Crippen LogP contribution in [-0.4, -0.2) is 29.0 Å². The first kappa shape index (κ1) is 16.4. The largest absolute Gasteiger partial charge is 0.357 e. The van der Waals surface area contributed by atoms with Crippen LogP contribution in [0, 0.1) is 12.7 Å². The molecule has 2 aromatic heterocycles. The zero-order valence-corrected chi connectivity index (χ0v) is 14.5. The maximum atomic E-state index is 13.9. The Morgan fingerprint density at radius 3 is 2.77 bits per heavy atom. The summed E-state index contributed by atoms with van der Waals surface area (Å²) in [5.74, 6) is 0.0674. The molecule has 1 aliphatic heterocycles. The molecule has 0 atom stereocenters. The number of aryl methyl sites for hydroxylation is 1. The number of anilines is 2. The van der Waals surface area contributed by atoms with Gasteiger partial charge in [-0.3, -0.25) is 9.78 Å². The molecule has 6 heteroatoms. The summed E-state index contributed by atoms with van der Waals surface area (Å²) in [6.07, 6.45) is 3.95. The summed E-state index contributed by atoms with van der Waals surface area (Å²) in [5.41, 5.74) is 2.04. The maximum absolute atomic E-state index is 13.9.